The third kappa shape index (κ3) is 4.38. The van der Waals surface area contributed by atoms with Crippen molar-refractivity contribution in [2.75, 3.05) is 13.2 Å². The van der Waals surface area contributed by atoms with Gasteiger partial charge in [0, 0.05) is 12.1 Å². The summed E-state index contributed by atoms with van der Waals surface area (Å²) in [6, 6.07) is 5.42. The van der Waals surface area contributed by atoms with E-state index in [-0.39, 0.29) is 6.54 Å². The molecule has 2 rings (SSSR count). The number of aliphatic carboxylic acids is 1. The molecule has 1 N–H and O–H groups in total. The summed E-state index contributed by atoms with van der Waals surface area (Å²) in [7, 11) is 0. The Hall–Kier alpha value is -2.24. The lowest BCUT2D eigenvalue weighted by Crippen LogP contribution is -2.39. The Balaban J connectivity index is 2.12. The van der Waals surface area contributed by atoms with Gasteiger partial charge in [-0.15, -0.1) is 0 Å². The van der Waals surface area contributed by atoms with Crippen LogP contribution in [0.15, 0.2) is 18.2 Å². The number of hydrogen-bond acceptors (Lipinski definition) is 4. The SMILES string of the molecule is CC(C)(C)OC(=O)N(CC(=O)O)Cc1ccc2c(c1)[C]CO2. The van der Waals surface area contributed by atoms with Crippen LogP contribution < -0.4 is 4.74 Å². The lowest BCUT2D eigenvalue weighted by Gasteiger charge is -2.26. The number of carboxylic acid groups (broad SMARTS) is 1. The minimum Gasteiger partial charge on any atom is -0.492 e. The molecule has 0 aliphatic carbocycles. The van der Waals surface area contributed by atoms with Crippen molar-refractivity contribution < 1.29 is 24.2 Å². The van der Waals surface area contributed by atoms with E-state index in [1.165, 1.54) is 0 Å². The number of ether oxygens (including phenoxy) is 2. The maximum absolute atomic E-state index is 12.1. The number of benzene rings is 1. The molecule has 1 aliphatic heterocycles. The fraction of sp³-hybridized carbons (Fsp3) is 0.438. The topological polar surface area (TPSA) is 76.1 Å². The van der Waals surface area contributed by atoms with Crippen molar-refractivity contribution in [3.8, 4) is 5.75 Å². The average Bonchev–Trinajstić information content (AvgIpc) is 2.82. The largest absolute Gasteiger partial charge is 0.492 e. The van der Waals surface area contributed by atoms with Crippen LogP contribution in [0.4, 0.5) is 4.79 Å². The number of rotatable bonds is 4. The van der Waals surface area contributed by atoms with Gasteiger partial charge in [-0.25, -0.2) is 4.79 Å². The zero-order valence-electron chi connectivity index (χ0n) is 12.9. The lowest BCUT2D eigenvalue weighted by molar-refractivity contribution is -0.138. The quantitative estimate of drug-likeness (QED) is 0.924. The van der Waals surface area contributed by atoms with Crippen LogP contribution >= 0.6 is 0 Å². The van der Waals surface area contributed by atoms with Gasteiger partial charge in [0.05, 0.1) is 6.42 Å². The number of carboxylic acids is 1. The summed E-state index contributed by atoms with van der Waals surface area (Å²) in [5.74, 6) is -0.348. The number of carbonyl (C=O) groups is 2. The van der Waals surface area contributed by atoms with Crippen molar-refractivity contribution in [2.45, 2.75) is 32.9 Å². The van der Waals surface area contributed by atoms with Crippen molar-refractivity contribution in [2.24, 2.45) is 0 Å². The van der Waals surface area contributed by atoms with Gasteiger partial charge in [0.2, 0.25) is 0 Å². The van der Waals surface area contributed by atoms with Crippen molar-refractivity contribution >= 4 is 12.1 Å². The highest BCUT2D eigenvalue weighted by Gasteiger charge is 2.24. The molecule has 22 heavy (non-hydrogen) atoms. The molecule has 1 aromatic carbocycles. The first-order chi connectivity index (χ1) is 10.2. The van der Waals surface area contributed by atoms with Gasteiger partial charge in [-0.3, -0.25) is 9.69 Å². The summed E-state index contributed by atoms with van der Waals surface area (Å²) in [5, 5.41) is 8.98. The molecule has 6 nitrogen and oxygen atoms in total. The molecular formula is C16H19NO5. The number of nitrogens with zero attached hydrogens (tertiary/aromatic N) is 1. The van der Waals surface area contributed by atoms with E-state index in [4.69, 9.17) is 14.6 Å². The highest BCUT2D eigenvalue weighted by atomic mass is 16.6. The molecule has 0 fully saturated rings. The first-order valence-corrected chi connectivity index (χ1v) is 6.94. The Morgan fingerprint density at radius 3 is 2.77 bits per heavy atom. The maximum atomic E-state index is 12.1. The molecule has 0 spiro atoms. The third-order valence-electron chi connectivity index (χ3n) is 2.89. The van der Waals surface area contributed by atoms with E-state index in [9.17, 15) is 9.59 Å². The summed E-state index contributed by atoms with van der Waals surface area (Å²) in [5.41, 5.74) is 0.946. The minimum absolute atomic E-state index is 0.149. The Labute approximate surface area is 129 Å². The second-order valence-electron chi connectivity index (χ2n) is 6.03. The molecule has 2 radical (unpaired) electrons. The first-order valence-electron chi connectivity index (χ1n) is 6.94. The molecule has 1 amide bonds. The molecule has 0 atom stereocenters. The van der Waals surface area contributed by atoms with Gasteiger partial charge in [0.25, 0.3) is 0 Å². The molecule has 0 bridgehead atoms. The van der Waals surface area contributed by atoms with Crippen LogP contribution in [0.5, 0.6) is 5.75 Å². The number of fused-ring (bicyclic) bond motifs is 1. The van der Waals surface area contributed by atoms with E-state index in [2.05, 4.69) is 6.42 Å². The van der Waals surface area contributed by atoms with Crippen molar-refractivity contribution in [3.63, 3.8) is 0 Å². The second-order valence-corrected chi connectivity index (χ2v) is 6.03. The van der Waals surface area contributed by atoms with Gasteiger partial charge < -0.3 is 14.6 Å². The maximum Gasteiger partial charge on any atom is 0.411 e. The molecular weight excluding hydrogens is 286 g/mol. The number of carbonyl (C=O) groups excluding carboxylic acids is 1. The van der Waals surface area contributed by atoms with Crippen LogP contribution in [0.2, 0.25) is 0 Å². The smallest absolute Gasteiger partial charge is 0.411 e. The molecule has 1 heterocycles. The predicted octanol–water partition coefficient (Wildman–Crippen LogP) is 2.33. The van der Waals surface area contributed by atoms with E-state index in [1.54, 1.807) is 32.9 Å². The lowest BCUT2D eigenvalue weighted by atomic mass is 10.1. The van der Waals surface area contributed by atoms with E-state index < -0.39 is 24.2 Å². The normalized spacial score (nSPS) is 13.2. The summed E-state index contributed by atoms with van der Waals surface area (Å²) in [4.78, 5) is 24.3. The van der Waals surface area contributed by atoms with Crippen molar-refractivity contribution in [1.29, 1.82) is 0 Å². The zero-order chi connectivity index (χ0) is 16.3. The van der Waals surface area contributed by atoms with Gasteiger partial charge in [0.15, 0.2) is 0 Å². The van der Waals surface area contributed by atoms with E-state index in [0.717, 1.165) is 21.8 Å². The fourth-order valence-electron chi connectivity index (χ4n) is 2.03. The Kier molecular flexibility index (Phi) is 4.59. The molecule has 118 valence electrons. The summed E-state index contributed by atoms with van der Waals surface area (Å²) in [6.07, 6.45) is 2.40. The number of amides is 1. The zero-order valence-corrected chi connectivity index (χ0v) is 12.9. The molecule has 0 saturated carbocycles. The van der Waals surface area contributed by atoms with Crippen LogP contribution in [0.3, 0.4) is 0 Å². The van der Waals surface area contributed by atoms with Crippen LogP contribution in [0.25, 0.3) is 0 Å². The van der Waals surface area contributed by atoms with Gasteiger partial charge in [-0.05, 0) is 38.5 Å². The molecule has 0 aromatic heterocycles. The molecule has 0 saturated heterocycles. The van der Waals surface area contributed by atoms with Gasteiger partial charge in [0.1, 0.15) is 24.5 Å². The Morgan fingerprint density at radius 1 is 1.41 bits per heavy atom. The predicted molar refractivity (Wildman–Crippen MR) is 78.6 cm³/mol. The molecule has 1 aromatic rings. The molecule has 1 aliphatic rings. The standard InChI is InChI=1S/C16H19NO5/c1-16(2,3)22-15(20)17(10-14(18)19)9-11-4-5-13-12(8-11)6-7-21-13/h4-5,8H,7,9-10H2,1-3H3,(H,18,19). The summed E-state index contributed by atoms with van der Waals surface area (Å²) < 4.78 is 10.6. The highest BCUT2D eigenvalue weighted by molar-refractivity contribution is 5.77. The Bertz CT molecular complexity index is 576. The first kappa shape index (κ1) is 16.1. The van der Waals surface area contributed by atoms with E-state index in [1.807, 2.05) is 6.07 Å². The van der Waals surface area contributed by atoms with E-state index >= 15 is 0 Å². The minimum atomic E-state index is -1.09. The van der Waals surface area contributed by atoms with Crippen LogP contribution in [-0.4, -0.2) is 40.8 Å². The molecule has 0 unspecified atom stereocenters. The van der Waals surface area contributed by atoms with Crippen LogP contribution in [-0.2, 0) is 16.1 Å². The van der Waals surface area contributed by atoms with Crippen molar-refractivity contribution in [3.05, 3.63) is 35.7 Å². The Morgan fingerprint density at radius 2 is 2.14 bits per heavy atom. The third-order valence-corrected chi connectivity index (χ3v) is 2.89. The van der Waals surface area contributed by atoms with Crippen LogP contribution in [0, 0.1) is 6.42 Å². The van der Waals surface area contributed by atoms with Gasteiger partial charge >= 0.3 is 12.1 Å². The molecule has 6 heteroatoms. The second kappa shape index (κ2) is 6.25. The number of hydrogen-bond donors (Lipinski definition) is 1. The summed E-state index contributed by atoms with van der Waals surface area (Å²) in [6.45, 7) is 5.34. The van der Waals surface area contributed by atoms with Gasteiger partial charge in [-0.1, -0.05) is 6.07 Å². The van der Waals surface area contributed by atoms with E-state index in [0.29, 0.717) is 6.61 Å². The van der Waals surface area contributed by atoms with Gasteiger partial charge in [-0.2, -0.15) is 0 Å². The fourth-order valence-corrected chi connectivity index (χ4v) is 2.03. The van der Waals surface area contributed by atoms with Crippen molar-refractivity contribution in [1.82, 2.24) is 4.90 Å². The average molecular weight is 305 g/mol. The summed E-state index contributed by atoms with van der Waals surface area (Å²) >= 11 is 0. The van der Waals surface area contributed by atoms with Crippen LogP contribution in [0.1, 0.15) is 31.9 Å². The highest BCUT2D eigenvalue weighted by Crippen LogP contribution is 2.27. The monoisotopic (exact) mass is 305 g/mol.